The van der Waals surface area contributed by atoms with Gasteiger partial charge in [0.1, 0.15) is 0 Å². The van der Waals surface area contributed by atoms with Crippen LogP contribution in [0.4, 0.5) is 0 Å². The van der Waals surface area contributed by atoms with Crippen LogP contribution in [0.3, 0.4) is 0 Å². The number of ether oxygens (including phenoxy) is 1. The molecule has 0 unspecified atom stereocenters. The van der Waals surface area contributed by atoms with Gasteiger partial charge in [-0.05, 0) is 19.3 Å². The number of carbonyl (C=O) groups excluding carboxylic acids is 1. The summed E-state index contributed by atoms with van der Waals surface area (Å²) >= 11 is 0. The topological polar surface area (TPSA) is 38.7 Å². The Labute approximate surface area is 118 Å². The second-order valence-electron chi connectivity index (χ2n) is 5.12. The van der Waals surface area contributed by atoms with Gasteiger partial charge in [-0.25, -0.2) is 9.79 Å². The molecule has 0 amide bonds. The molecule has 0 aromatic carbocycles. The lowest BCUT2D eigenvalue weighted by molar-refractivity contribution is 0.126. The summed E-state index contributed by atoms with van der Waals surface area (Å²) < 4.78 is 5.58. The van der Waals surface area contributed by atoms with E-state index < -0.39 is 0 Å². The van der Waals surface area contributed by atoms with Gasteiger partial charge in [-0.2, -0.15) is 0 Å². The molecule has 0 aliphatic rings. The molecule has 0 fully saturated rings. The third-order valence-corrected chi connectivity index (χ3v) is 3.27. The number of hydrogen-bond acceptors (Lipinski definition) is 3. The maximum atomic E-state index is 9.84. The van der Waals surface area contributed by atoms with Crippen molar-refractivity contribution in [3.8, 4) is 0 Å². The summed E-state index contributed by atoms with van der Waals surface area (Å²) in [5.41, 5.74) is 0. The van der Waals surface area contributed by atoms with Gasteiger partial charge in [0.2, 0.25) is 6.08 Å². The Kier molecular flexibility index (Phi) is 16.7. The largest absolute Gasteiger partial charge is 0.381 e. The van der Waals surface area contributed by atoms with Crippen molar-refractivity contribution >= 4 is 6.08 Å². The summed E-state index contributed by atoms with van der Waals surface area (Å²) in [7, 11) is 0. The molecule has 0 atom stereocenters. The van der Waals surface area contributed by atoms with Crippen LogP contribution in [0, 0.1) is 0 Å². The second kappa shape index (κ2) is 17.3. The predicted octanol–water partition coefficient (Wildman–Crippen LogP) is 4.65. The SMILES string of the molecule is CCCCCOCCCCCCCCCCN=C=O. The van der Waals surface area contributed by atoms with Crippen molar-refractivity contribution in [2.24, 2.45) is 4.99 Å². The molecule has 0 saturated heterocycles. The zero-order valence-electron chi connectivity index (χ0n) is 12.7. The molecular weight excluding hydrogens is 238 g/mol. The molecule has 0 aromatic rings. The third kappa shape index (κ3) is 17.3. The van der Waals surface area contributed by atoms with Crippen molar-refractivity contribution in [2.45, 2.75) is 77.6 Å². The molecule has 0 aliphatic heterocycles. The normalized spacial score (nSPS) is 10.4. The lowest BCUT2D eigenvalue weighted by atomic mass is 10.1. The van der Waals surface area contributed by atoms with Gasteiger partial charge in [0, 0.05) is 13.2 Å². The summed E-state index contributed by atoms with van der Waals surface area (Å²) in [6.45, 7) is 4.75. The van der Waals surface area contributed by atoms with E-state index in [1.54, 1.807) is 6.08 Å². The summed E-state index contributed by atoms with van der Waals surface area (Å²) in [6.07, 6.45) is 15.3. The zero-order valence-corrected chi connectivity index (χ0v) is 12.7. The van der Waals surface area contributed by atoms with Crippen LogP contribution in [-0.2, 0) is 9.53 Å². The monoisotopic (exact) mass is 269 g/mol. The van der Waals surface area contributed by atoms with Crippen LogP contribution in [0.25, 0.3) is 0 Å². The van der Waals surface area contributed by atoms with Gasteiger partial charge in [-0.3, -0.25) is 0 Å². The standard InChI is InChI=1S/C16H31NO2/c1-2-3-11-14-19-15-12-9-7-5-4-6-8-10-13-17-16-18/h2-15H2,1H3. The van der Waals surface area contributed by atoms with Crippen LogP contribution in [0.2, 0.25) is 0 Å². The molecule has 19 heavy (non-hydrogen) atoms. The van der Waals surface area contributed by atoms with Crippen molar-refractivity contribution < 1.29 is 9.53 Å². The highest BCUT2D eigenvalue weighted by Gasteiger charge is 1.93. The highest BCUT2D eigenvalue weighted by atomic mass is 16.5. The highest BCUT2D eigenvalue weighted by Crippen LogP contribution is 2.08. The van der Waals surface area contributed by atoms with E-state index in [0.29, 0.717) is 6.54 Å². The Morgan fingerprint density at radius 1 is 0.789 bits per heavy atom. The fraction of sp³-hybridized carbons (Fsp3) is 0.938. The summed E-state index contributed by atoms with van der Waals surface area (Å²) in [5.74, 6) is 0. The van der Waals surface area contributed by atoms with Crippen LogP contribution >= 0.6 is 0 Å². The summed E-state index contributed by atoms with van der Waals surface area (Å²) in [4.78, 5) is 13.4. The van der Waals surface area contributed by atoms with E-state index in [-0.39, 0.29) is 0 Å². The van der Waals surface area contributed by atoms with Crippen LogP contribution in [0.5, 0.6) is 0 Å². The molecule has 0 spiro atoms. The number of hydrogen-bond donors (Lipinski definition) is 0. The maximum Gasteiger partial charge on any atom is 0.234 e. The van der Waals surface area contributed by atoms with Crippen LogP contribution in [0.15, 0.2) is 4.99 Å². The first-order valence-corrected chi connectivity index (χ1v) is 8.03. The van der Waals surface area contributed by atoms with Crippen LogP contribution in [0.1, 0.15) is 77.6 Å². The molecule has 0 heterocycles. The Balaban J connectivity index is 2.93. The summed E-state index contributed by atoms with van der Waals surface area (Å²) in [6, 6.07) is 0. The number of unbranched alkanes of at least 4 members (excludes halogenated alkanes) is 9. The van der Waals surface area contributed by atoms with Crippen LogP contribution in [-0.4, -0.2) is 25.8 Å². The molecule has 0 bridgehead atoms. The smallest absolute Gasteiger partial charge is 0.234 e. The molecule has 0 radical (unpaired) electrons. The lowest BCUT2D eigenvalue weighted by Gasteiger charge is -2.04. The molecule has 3 heteroatoms. The Bertz CT molecular complexity index is 213. The van der Waals surface area contributed by atoms with Crippen LogP contribution < -0.4 is 0 Å². The molecule has 0 aliphatic carbocycles. The number of aliphatic imine (C=N–C) groups is 1. The first-order chi connectivity index (χ1) is 9.41. The first-order valence-electron chi connectivity index (χ1n) is 8.03. The van der Waals surface area contributed by atoms with Gasteiger partial charge in [-0.1, -0.05) is 58.3 Å². The van der Waals surface area contributed by atoms with Crippen molar-refractivity contribution in [1.29, 1.82) is 0 Å². The molecule has 0 N–H and O–H groups in total. The average molecular weight is 269 g/mol. The molecule has 112 valence electrons. The molecular formula is C16H31NO2. The average Bonchev–Trinajstić information content (AvgIpc) is 2.43. The first kappa shape index (κ1) is 18.3. The number of rotatable bonds is 15. The lowest BCUT2D eigenvalue weighted by Crippen LogP contribution is -1.96. The fourth-order valence-corrected chi connectivity index (χ4v) is 2.06. The second-order valence-corrected chi connectivity index (χ2v) is 5.12. The Morgan fingerprint density at radius 3 is 1.89 bits per heavy atom. The molecule has 0 saturated carbocycles. The Morgan fingerprint density at radius 2 is 1.32 bits per heavy atom. The molecule has 0 aromatic heterocycles. The van der Waals surface area contributed by atoms with E-state index >= 15 is 0 Å². The van der Waals surface area contributed by atoms with E-state index in [9.17, 15) is 4.79 Å². The zero-order chi connectivity index (χ0) is 14.0. The van der Waals surface area contributed by atoms with Gasteiger partial charge in [0.25, 0.3) is 0 Å². The maximum absolute atomic E-state index is 9.84. The summed E-state index contributed by atoms with van der Waals surface area (Å²) in [5, 5.41) is 0. The quantitative estimate of drug-likeness (QED) is 0.246. The third-order valence-electron chi connectivity index (χ3n) is 3.27. The van der Waals surface area contributed by atoms with Gasteiger partial charge in [0.05, 0.1) is 6.54 Å². The van der Waals surface area contributed by atoms with E-state index in [4.69, 9.17) is 4.74 Å². The van der Waals surface area contributed by atoms with E-state index in [1.165, 1.54) is 64.2 Å². The van der Waals surface area contributed by atoms with E-state index in [1.807, 2.05) is 0 Å². The van der Waals surface area contributed by atoms with Crippen molar-refractivity contribution in [1.82, 2.24) is 0 Å². The van der Waals surface area contributed by atoms with Gasteiger partial charge in [-0.15, -0.1) is 0 Å². The van der Waals surface area contributed by atoms with Crippen molar-refractivity contribution in [2.75, 3.05) is 19.8 Å². The van der Waals surface area contributed by atoms with Gasteiger partial charge in [0.15, 0.2) is 0 Å². The van der Waals surface area contributed by atoms with Gasteiger partial charge < -0.3 is 4.74 Å². The minimum Gasteiger partial charge on any atom is -0.381 e. The molecule has 3 nitrogen and oxygen atoms in total. The highest BCUT2D eigenvalue weighted by molar-refractivity contribution is 5.32. The van der Waals surface area contributed by atoms with Crippen molar-refractivity contribution in [3.63, 3.8) is 0 Å². The number of isocyanates is 1. The minimum atomic E-state index is 0.652. The molecule has 0 rings (SSSR count). The fourth-order valence-electron chi connectivity index (χ4n) is 2.06. The van der Waals surface area contributed by atoms with Gasteiger partial charge >= 0.3 is 0 Å². The predicted molar refractivity (Wildman–Crippen MR) is 80.3 cm³/mol. The van der Waals surface area contributed by atoms with E-state index in [0.717, 1.165) is 19.6 Å². The van der Waals surface area contributed by atoms with Crippen molar-refractivity contribution in [3.05, 3.63) is 0 Å². The number of nitrogens with zero attached hydrogens (tertiary/aromatic N) is 1. The Hall–Kier alpha value is -0.660. The minimum absolute atomic E-state index is 0.652. The van der Waals surface area contributed by atoms with E-state index in [2.05, 4.69) is 11.9 Å².